The van der Waals surface area contributed by atoms with Crippen LogP contribution in [0.25, 0.3) is 0 Å². The van der Waals surface area contributed by atoms with Crippen LogP contribution in [-0.4, -0.2) is 37.4 Å². The SMILES string of the molecule is Nc1ccc(C(=O)NCCCOCCO)cc1F. The summed E-state index contributed by atoms with van der Waals surface area (Å²) < 4.78 is 18.1. The lowest BCUT2D eigenvalue weighted by molar-refractivity contribution is 0.0867. The van der Waals surface area contributed by atoms with Gasteiger partial charge in [0.25, 0.3) is 5.91 Å². The minimum absolute atomic E-state index is 0.0168. The van der Waals surface area contributed by atoms with Gasteiger partial charge in [0.2, 0.25) is 0 Å². The van der Waals surface area contributed by atoms with Crippen molar-refractivity contribution in [2.75, 3.05) is 32.1 Å². The van der Waals surface area contributed by atoms with Crippen molar-refractivity contribution in [3.63, 3.8) is 0 Å². The maximum absolute atomic E-state index is 13.1. The molecule has 0 aromatic heterocycles. The molecule has 0 atom stereocenters. The molecule has 0 aliphatic heterocycles. The first-order chi connectivity index (χ1) is 8.65. The second-order valence-corrected chi connectivity index (χ2v) is 3.68. The van der Waals surface area contributed by atoms with Crippen LogP contribution >= 0.6 is 0 Å². The number of carbonyl (C=O) groups is 1. The first-order valence-electron chi connectivity index (χ1n) is 5.67. The molecule has 0 unspecified atom stereocenters. The maximum atomic E-state index is 13.1. The highest BCUT2D eigenvalue weighted by atomic mass is 19.1. The van der Waals surface area contributed by atoms with Crippen LogP contribution < -0.4 is 11.1 Å². The predicted molar refractivity (Wildman–Crippen MR) is 65.7 cm³/mol. The first kappa shape index (κ1) is 14.4. The molecule has 0 spiro atoms. The summed E-state index contributed by atoms with van der Waals surface area (Å²) in [5, 5.41) is 11.1. The van der Waals surface area contributed by atoms with E-state index in [4.69, 9.17) is 15.6 Å². The number of aliphatic hydroxyl groups is 1. The van der Waals surface area contributed by atoms with E-state index in [2.05, 4.69) is 5.32 Å². The van der Waals surface area contributed by atoms with Gasteiger partial charge in [0.05, 0.1) is 18.9 Å². The molecular weight excluding hydrogens is 239 g/mol. The molecular formula is C12H17FN2O3. The molecule has 100 valence electrons. The quantitative estimate of drug-likeness (QED) is 0.491. The van der Waals surface area contributed by atoms with Crippen molar-refractivity contribution in [2.24, 2.45) is 0 Å². The molecule has 1 aromatic carbocycles. The van der Waals surface area contributed by atoms with Gasteiger partial charge >= 0.3 is 0 Å². The van der Waals surface area contributed by atoms with E-state index >= 15 is 0 Å². The van der Waals surface area contributed by atoms with Crippen LogP contribution in [0, 0.1) is 5.82 Å². The van der Waals surface area contributed by atoms with E-state index in [1.807, 2.05) is 0 Å². The monoisotopic (exact) mass is 256 g/mol. The van der Waals surface area contributed by atoms with Crippen LogP contribution in [0.5, 0.6) is 0 Å². The number of carbonyl (C=O) groups excluding carboxylic acids is 1. The second kappa shape index (κ2) is 7.62. The second-order valence-electron chi connectivity index (χ2n) is 3.68. The summed E-state index contributed by atoms with van der Waals surface area (Å²) >= 11 is 0. The zero-order chi connectivity index (χ0) is 13.4. The van der Waals surface area contributed by atoms with E-state index in [1.54, 1.807) is 0 Å². The summed E-state index contributed by atoms with van der Waals surface area (Å²) in [5.74, 6) is -0.954. The van der Waals surface area contributed by atoms with Gasteiger partial charge in [-0.3, -0.25) is 4.79 Å². The molecule has 0 radical (unpaired) electrons. The predicted octanol–water partition coefficient (Wildman–Crippen LogP) is 0.537. The minimum atomic E-state index is -0.603. The molecule has 0 saturated heterocycles. The van der Waals surface area contributed by atoms with Crippen LogP contribution in [0.4, 0.5) is 10.1 Å². The summed E-state index contributed by atoms with van der Waals surface area (Å²) in [6.07, 6.45) is 0.628. The van der Waals surface area contributed by atoms with Gasteiger partial charge in [0.1, 0.15) is 5.82 Å². The van der Waals surface area contributed by atoms with Crippen LogP contribution in [-0.2, 0) is 4.74 Å². The molecule has 0 aliphatic rings. The van der Waals surface area contributed by atoms with E-state index in [-0.39, 0.29) is 30.4 Å². The van der Waals surface area contributed by atoms with Crippen LogP contribution in [0.2, 0.25) is 0 Å². The minimum Gasteiger partial charge on any atom is -0.396 e. The third-order valence-corrected chi connectivity index (χ3v) is 2.25. The number of benzene rings is 1. The van der Waals surface area contributed by atoms with E-state index < -0.39 is 5.82 Å². The van der Waals surface area contributed by atoms with Crippen molar-refractivity contribution in [1.82, 2.24) is 5.32 Å². The Morgan fingerprint density at radius 3 is 2.89 bits per heavy atom. The molecule has 1 rings (SSSR count). The topological polar surface area (TPSA) is 84.6 Å². The molecule has 1 aromatic rings. The number of aliphatic hydroxyl groups excluding tert-OH is 1. The van der Waals surface area contributed by atoms with Gasteiger partial charge in [-0.15, -0.1) is 0 Å². The highest BCUT2D eigenvalue weighted by Gasteiger charge is 2.07. The average molecular weight is 256 g/mol. The number of hydrogen-bond donors (Lipinski definition) is 3. The van der Waals surface area contributed by atoms with Gasteiger partial charge in [0, 0.05) is 18.7 Å². The molecule has 6 heteroatoms. The van der Waals surface area contributed by atoms with E-state index in [0.717, 1.165) is 6.07 Å². The van der Waals surface area contributed by atoms with Crippen molar-refractivity contribution in [3.8, 4) is 0 Å². The van der Waals surface area contributed by atoms with Gasteiger partial charge in [-0.1, -0.05) is 0 Å². The molecule has 18 heavy (non-hydrogen) atoms. The van der Waals surface area contributed by atoms with E-state index in [1.165, 1.54) is 12.1 Å². The van der Waals surface area contributed by atoms with Crippen LogP contribution in [0.3, 0.4) is 0 Å². The fourth-order valence-electron chi connectivity index (χ4n) is 1.31. The summed E-state index contributed by atoms with van der Waals surface area (Å²) in [4.78, 5) is 11.6. The first-order valence-corrected chi connectivity index (χ1v) is 5.67. The summed E-state index contributed by atoms with van der Waals surface area (Å²) in [6.45, 7) is 1.15. The Hall–Kier alpha value is -1.66. The number of hydrogen-bond acceptors (Lipinski definition) is 4. The van der Waals surface area contributed by atoms with E-state index in [9.17, 15) is 9.18 Å². The standard InChI is InChI=1S/C12H17FN2O3/c13-10-8-9(2-3-11(10)14)12(17)15-4-1-6-18-7-5-16/h2-3,8,16H,1,4-7,14H2,(H,15,17). The Morgan fingerprint density at radius 1 is 1.44 bits per heavy atom. The Morgan fingerprint density at radius 2 is 2.22 bits per heavy atom. The lowest BCUT2D eigenvalue weighted by Gasteiger charge is -2.06. The lowest BCUT2D eigenvalue weighted by atomic mass is 10.2. The Bertz CT molecular complexity index is 399. The zero-order valence-corrected chi connectivity index (χ0v) is 9.99. The molecule has 0 fully saturated rings. The molecule has 0 heterocycles. The Labute approximate surface area is 105 Å². The third kappa shape index (κ3) is 4.68. The van der Waals surface area contributed by atoms with Crippen molar-refractivity contribution < 1.29 is 19.0 Å². The number of amides is 1. The number of nitrogen functional groups attached to an aromatic ring is 1. The number of nitrogens with two attached hydrogens (primary N) is 1. The number of rotatable bonds is 7. The highest BCUT2D eigenvalue weighted by molar-refractivity contribution is 5.94. The summed E-state index contributed by atoms with van der Waals surface area (Å²) in [5.41, 5.74) is 5.57. The molecule has 4 N–H and O–H groups in total. The molecule has 1 amide bonds. The smallest absolute Gasteiger partial charge is 0.251 e. The largest absolute Gasteiger partial charge is 0.396 e. The third-order valence-electron chi connectivity index (χ3n) is 2.25. The van der Waals surface area contributed by atoms with Gasteiger partial charge in [-0.25, -0.2) is 4.39 Å². The molecule has 0 saturated carbocycles. The fourth-order valence-corrected chi connectivity index (χ4v) is 1.31. The van der Waals surface area contributed by atoms with Gasteiger partial charge < -0.3 is 20.9 Å². The van der Waals surface area contributed by atoms with Crippen molar-refractivity contribution in [3.05, 3.63) is 29.6 Å². The maximum Gasteiger partial charge on any atom is 0.251 e. The molecule has 0 bridgehead atoms. The lowest BCUT2D eigenvalue weighted by Crippen LogP contribution is -2.25. The average Bonchev–Trinajstić information content (AvgIpc) is 2.36. The van der Waals surface area contributed by atoms with Gasteiger partial charge in [-0.05, 0) is 24.6 Å². The van der Waals surface area contributed by atoms with Gasteiger partial charge in [-0.2, -0.15) is 0 Å². The number of anilines is 1. The van der Waals surface area contributed by atoms with Gasteiger partial charge in [0.15, 0.2) is 0 Å². The van der Waals surface area contributed by atoms with Crippen LogP contribution in [0.15, 0.2) is 18.2 Å². The van der Waals surface area contributed by atoms with E-state index in [0.29, 0.717) is 19.6 Å². The zero-order valence-electron chi connectivity index (χ0n) is 9.99. The normalized spacial score (nSPS) is 10.3. The summed E-state index contributed by atoms with van der Waals surface area (Å²) in [7, 11) is 0. The molecule has 0 aliphatic carbocycles. The summed E-state index contributed by atoms with van der Waals surface area (Å²) in [6, 6.07) is 3.93. The van der Waals surface area contributed by atoms with Crippen LogP contribution in [0.1, 0.15) is 16.8 Å². The Kier molecular flexibility index (Phi) is 6.10. The van der Waals surface area contributed by atoms with Crippen molar-refractivity contribution >= 4 is 11.6 Å². The molecule has 5 nitrogen and oxygen atoms in total. The van der Waals surface area contributed by atoms with Crippen molar-refractivity contribution in [2.45, 2.75) is 6.42 Å². The Balaban J connectivity index is 2.30. The van der Waals surface area contributed by atoms with Crippen molar-refractivity contribution in [1.29, 1.82) is 0 Å². The number of ether oxygens (including phenoxy) is 1. The fraction of sp³-hybridized carbons (Fsp3) is 0.417. The highest BCUT2D eigenvalue weighted by Crippen LogP contribution is 2.11. The number of halogens is 1. The number of nitrogens with one attached hydrogen (secondary N) is 1.